The van der Waals surface area contributed by atoms with Gasteiger partial charge in [0.25, 0.3) is 0 Å². The van der Waals surface area contributed by atoms with Crippen molar-refractivity contribution in [1.82, 2.24) is 0 Å². The molecule has 0 radical (unpaired) electrons. The van der Waals surface area contributed by atoms with E-state index in [4.69, 9.17) is 28.4 Å². The number of rotatable bonds is 9. The Morgan fingerprint density at radius 3 is 2.09 bits per heavy atom. The summed E-state index contributed by atoms with van der Waals surface area (Å²) >= 11 is 0. The van der Waals surface area contributed by atoms with Crippen molar-refractivity contribution in [3.8, 4) is 23.0 Å². The van der Waals surface area contributed by atoms with Gasteiger partial charge < -0.3 is 38.6 Å². The Morgan fingerprint density at radius 2 is 1.53 bits per heavy atom. The lowest BCUT2D eigenvalue weighted by Gasteiger charge is -2.31. The highest BCUT2D eigenvalue weighted by Gasteiger charge is 2.65. The summed E-state index contributed by atoms with van der Waals surface area (Å²) in [7, 11) is 5.75. The first kappa shape index (κ1) is 25.1. The topological polar surface area (TPSA) is 130 Å². The third-order valence-electron chi connectivity index (χ3n) is 5.75. The van der Waals surface area contributed by atoms with Crippen LogP contribution in [-0.2, 0) is 19.1 Å². The molecule has 2 aromatic rings. The fourth-order valence-corrected chi connectivity index (χ4v) is 4.02. The fraction of sp³-hybridized carbons (Fsp3) is 0.417. The molecule has 0 unspecified atom stereocenters. The standard InChI is InChI=1S/C24H28O10/c1-6-33-22(26)19-20(13-7-9-15(29-2)17(11-13)31-4)34-23(27)24(19,28)21(25)14-8-10-16(30-3)18(12-14)32-5/h7-12,19-21,25,28H,6H2,1-5H3/t19-,20-,21+,24+/m0/s1. The summed E-state index contributed by atoms with van der Waals surface area (Å²) in [4.78, 5) is 26.0. The van der Waals surface area contributed by atoms with E-state index in [2.05, 4.69) is 0 Å². The van der Waals surface area contributed by atoms with Crippen molar-refractivity contribution < 1.29 is 48.2 Å². The Hall–Kier alpha value is -3.50. The number of carbonyl (C=O) groups is 2. The van der Waals surface area contributed by atoms with Gasteiger partial charge in [0.05, 0.1) is 35.0 Å². The average Bonchev–Trinajstić information content (AvgIpc) is 3.13. The molecule has 2 aromatic carbocycles. The van der Waals surface area contributed by atoms with E-state index in [1.54, 1.807) is 19.1 Å². The molecule has 1 aliphatic rings. The molecule has 0 aliphatic carbocycles. The molecule has 1 saturated heterocycles. The number of ether oxygens (including phenoxy) is 6. The molecule has 34 heavy (non-hydrogen) atoms. The predicted molar refractivity (Wildman–Crippen MR) is 118 cm³/mol. The van der Waals surface area contributed by atoms with Gasteiger partial charge in [0.2, 0.25) is 5.60 Å². The van der Waals surface area contributed by atoms with Crippen molar-refractivity contribution in [2.45, 2.75) is 24.7 Å². The maximum atomic E-state index is 13.0. The van der Waals surface area contributed by atoms with E-state index in [0.29, 0.717) is 22.8 Å². The van der Waals surface area contributed by atoms with Crippen molar-refractivity contribution >= 4 is 11.9 Å². The molecule has 10 heteroatoms. The van der Waals surface area contributed by atoms with Gasteiger partial charge in [0, 0.05) is 0 Å². The van der Waals surface area contributed by atoms with E-state index < -0.39 is 35.7 Å². The van der Waals surface area contributed by atoms with Gasteiger partial charge in [-0.2, -0.15) is 0 Å². The third kappa shape index (κ3) is 4.22. The van der Waals surface area contributed by atoms with Crippen molar-refractivity contribution in [2.75, 3.05) is 35.0 Å². The monoisotopic (exact) mass is 476 g/mol. The van der Waals surface area contributed by atoms with E-state index >= 15 is 0 Å². The summed E-state index contributed by atoms with van der Waals surface area (Å²) in [6.07, 6.45) is -3.11. The number of aliphatic hydroxyl groups is 2. The average molecular weight is 476 g/mol. The molecule has 2 N–H and O–H groups in total. The number of carbonyl (C=O) groups excluding carboxylic acids is 2. The first-order valence-electron chi connectivity index (χ1n) is 10.5. The van der Waals surface area contributed by atoms with Crippen LogP contribution in [-0.4, -0.2) is 62.8 Å². The first-order valence-corrected chi connectivity index (χ1v) is 10.5. The van der Waals surface area contributed by atoms with Crippen LogP contribution in [0.4, 0.5) is 0 Å². The van der Waals surface area contributed by atoms with Gasteiger partial charge in [-0.25, -0.2) is 4.79 Å². The predicted octanol–water partition coefficient (Wildman–Crippen LogP) is 1.96. The molecule has 3 rings (SSSR count). The summed E-state index contributed by atoms with van der Waals surface area (Å²) in [5, 5.41) is 22.7. The SMILES string of the molecule is CCOC(=O)[C@@H]1[C@H](c2ccc(OC)c(OC)c2)OC(=O)[C@]1(O)[C@H](O)c1ccc(OC)c(OC)c1. The summed E-state index contributed by atoms with van der Waals surface area (Å²) in [6, 6.07) is 9.03. The number of benzene rings is 2. The zero-order valence-electron chi connectivity index (χ0n) is 19.6. The van der Waals surface area contributed by atoms with Crippen molar-refractivity contribution in [2.24, 2.45) is 5.92 Å². The minimum atomic E-state index is -2.65. The minimum Gasteiger partial charge on any atom is -0.493 e. The Kier molecular flexibility index (Phi) is 7.53. The number of cyclic esters (lactones) is 1. The van der Waals surface area contributed by atoms with E-state index in [1.165, 1.54) is 52.7 Å². The van der Waals surface area contributed by atoms with Gasteiger partial charge in [-0.1, -0.05) is 12.1 Å². The lowest BCUT2D eigenvalue weighted by atomic mass is 9.77. The molecule has 4 atom stereocenters. The van der Waals surface area contributed by atoms with Gasteiger partial charge in [-0.15, -0.1) is 0 Å². The van der Waals surface area contributed by atoms with Crippen LogP contribution >= 0.6 is 0 Å². The number of hydrogen-bond acceptors (Lipinski definition) is 10. The molecule has 0 aromatic heterocycles. The van der Waals surface area contributed by atoms with Gasteiger partial charge in [-0.05, 0) is 42.3 Å². The quantitative estimate of drug-likeness (QED) is 0.518. The smallest absolute Gasteiger partial charge is 0.343 e. The Bertz CT molecular complexity index is 1050. The van der Waals surface area contributed by atoms with Crippen molar-refractivity contribution in [1.29, 1.82) is 0 Å². The van der Waals surface area contributed by atoms with Crippen LogP contribution in [0.15, 0.2) is 36.4 Å². The third-order valence-corrected chi connectivity index (χ3v) is 5.75. The normalized spacial score (nSPS) is 22.5. The summed E-state index contributed by atoms with van der Waals surface area (Å²) in [5.41, 5.74) is -2.19. The molecular formula is C24H28O10. The number of esters is 2. The Morgan fingerprint density at radius 1 is 0.971 bits per heavy atom. The largest absolute Gasteiger partial charge is 0.493 e. The highest BCUT2D eigenvalue weighted by Crippen LogP contribution is 2.50. The lowest BCUT2D eigenvalue weighted by molar-refractivity contribution is -0.176. The molecule has 0 amide bonds. The summed E-state index contributed by atoms with van der Waals surface area (Å²) in [5.74, 6) is -2.27. The minimum absolute atomic E-state index is 0.00921. The van der Waals surface area contributed by atoms with E-state index in [0.717, 1.165) is 0 Å². The summed E-state index contributed by atoms with van der Waals surface area (Å²) < 4.78 is 31.6. The maximum Gasteiger partial charge on any atom is 0.343 e. The van der Waals surface area contributed by atoms with Crippen LogP contribution in [0.25, 0.3) is 0 Å². The molecule has 0 bridgehead atoms. The molecule has 1 fully saturated rings. The number of aliphatic hydroxyl groups excluding tert-OH is 1. The van der Waals surface area contributed by atoms with Crippen molar-refractivity contribution in [3.05, 3.63) is 47.5 Å². The van der Waals surface area contributed by atoms with E-state index in [-0.39, 0.29) is 17.9 Å². The molecule has 10 nitrogen and oxygen atoms in total. The highest BCUT2D eigenvalue weighted by atomic mass is 16.6. The van der Waals surface area contributed by atoms with E-state index in [9.17, 15) is 19.8 Å². The van der Waals surface area contributed by atoms with Crippen LogP contribution in [0.5, 0.6) is 23.0 Å². The summed E-state index contributed by atoms with van der Waals surface area (Å²) in [6.45, 7) is 1.58. The van der Waals surface area contributed by atoms with Gasteiger partial charge in [0.1, 0.15) is 18.1 Å². The second-order valence-corrected chi connectivity index (χ2v) is 7.51. The zero-order valence-corrected chi connectivity index (χ0v) is 19.6. The second kappa shape index (κ2) is 10.2. The lowest BCUT2D eigenvalue weighted by Crippen LogP contribution is -2.50. The number of hydrogen-bond donors (Lipinski definition) is 2. The van der Waals surface area contributed by atoms with Crippen molar-refractivity contribution in [3.63, 3.8) is 0 Å². The Labute approximate surface area is 196 Å². The van der Waals surface area contributed by atoms with Gasteiger partial charge in [-0.3, -0.25) is 4.79 Å². The number of methoxy groups -OCH3 is 4. The molecule has 0 spiro atoms. The fourth-order valence-electron chi connectivity index (χ4n) is 4.02. The van der Waals surface area contributed by atoms with E-state index in [1.807, 2.05) is 0 Å². The molecular weight excluding hydrogens is 448 g/mol. The van der Waals surface area contributed by atoms with Crippen LogP contribution < -0.4 is 18.9 Å². The molecule has 184 valence electrons. The molecule has 1 aliphatic heterocycles. The van der Waals surface area contributed by atoms with Gasteiger partial charge >= 0.3 is 11.9 Å². The molecule has 1 heterocycles. The van der Waals surface area contributed by atoms with Crippen LogP contribution in [0.2, 0.25) is 0 Å². The second-order valence-electron chi connectivity index (χ2n) is 7.51. The van der Waals surface area contributed by atoms with Gasteiger partial charge in [0.15, 0.2) is 23.0 Å². The molecule has 0 saturated carbocycles. The Balaban J connectivity index is 2.10. The highest BCUT2D eigenvalue weighted by molar-refractivity contribution is 5.92. The maximum absolute atomic E-state index is 13.0. The van der Waals surface area contributed by atoms with Crippen LogP contribution in [0.1, 0.15) is 30.3 Å². The van der Waals surface area contributed by atoms with Crippen LogP contribution in [0, 0.1) is 5.92 Å². The zero-order chi connectivity index (χ0) is 25.0. The first-order chi connectivity index (χ1) is 16.3. The van der Waals surface area contributed by atoms with Crippen LogP contribution in [0.3, 0.4) is 0 Å².